The van der Waals surface area contributed by atoms with Crippen molar-refractivity contribution in [1.82, 2.24) is 9.43 Å². The molecule has 1 aromatic rings. The lowest BCUT2D eigenvalue weighted by Gasteiger charge is -2.48. The lowest BCUT2D eigenvalue weighted by Crippen LogP contribution is -2.59. The minimum absolute atomic E-state index is 0.170. The van der Waals surface area contributed by atoms with Crippen LogP contribution in [-0.2, 0) is 26.0 Å². The molecule has 2 aliphatic rings. The first kappa shape index (κ1) is 22.6. The largest absolute Gasteiger partial charge is 0.446 e. The van der Waals surface area contributed by atoms with E-state index in [-0.39, 0.29) is 16.8 Å². The molecule has 1 fully saturated rings. The van der Waals surface area contributed by atoms with Gasteiger partial charge in [-0.3, -0.25) is 4.31 Å². The van der Waals surface area contributed by atoms with Gasteiger partial charge in [-0.25, -0.2) is 18.4 Å². The lowest BCUT2D eigenvalue weighted by atomic mass is 9.75. The Hall–Kier alpha value is -2.07. The highest BCUT2D eigenvalue weighted by Crippen LogP contribution is 2.48. The molecular weight excluding hydrogens is 416 g/mol. The van der Waals surface area contributed by atoms with Crippen LogP contribution < -0.4 is 0 Å². The monoisotopic (exact) mass is 443 g/mol. The maximum Gasteiger partial charge on any atom is 0.446 e. The summed E-state index contributed by atoms with van der Waals surface area (Å²) in [5, 5.41) is -0.904. The zero-order valence-electron chi connectivity index (χ0n) is 17.7. The van der Waals surface area contributed by atoms with Crippen molar-refractivity contribution in [3.63, 3.8) is 0 Å². The Labute approximate surface area is 177 Å². The maximum absolute atomic E-state index is 15.1. The van der Waals surface area contributed by atoms with Crippen molar-refractivity contribution in [3.8, 4) is 0 Å². The predicted octanol–water partition coefficient (Wildman–Crippen LogP) is 3.68. The van der Waals surface area contributed by atoms with E-state index >= 15 is 4.48 Å². The number of rotatable bonds is 2. The van der Waals surface area contributed by atoms with E-state index in [9.17, 15) is 13.4 Å². The lowest BCUT2D eigenvalue weighted by molar-refractivity contribution is -0.00300. The summed E-state index contributed by atoms with van der Waals surface area (Å²) in [6, 6.07) is 6.06. The molecule has 166 valence electrons. The number of benzene rings is 1. The number of amides is 1. The summed E-state index contributed by atoms with van der Waals surface area (Å²) in [5.74, 6) is -0.997. The fraction of sp³-hybridized carbons (Fsp3) is 0.600. The molecule has 1 heterocycles. The number of halogens is 2. The summed E-state index contributed by atoms with van der Waals surface area (Å²) in [5.41, 5.74) is -2.00. The van der Waals surface area contributed by atoms with E-state index in [1.54, 1.807) is 46.1 Å². The molecule has 10 heteroatoms. The summed E-state index contributed by atoms with van der Waals surface area (Å²) in [6.45, 7) is 4.81. The van der Waals surface area contributed by atoms with E-state index in [1.165, 1.54) is 13.1 Å². The number of aliphatic imine (C=N–C) groups is 1. The average molecular weight is 444 g/mol. The summed E-state index contributed by atoms with van der Waals surface area (Å²) < 4.78 is 54.9. The van der Waals surface area contributed by atoms with Crippen molar-refractivity contribution < 1.29 is 27.3 Å². The quantitative estimate of drug-likeness (QED) is 0.654. The van der Waals surface area contributed by atoms with E-state index in [1.807, 2.05) is 0 Å². The SMILES string of the molecule is COC1CCC2(c3ccccc3F)N=C(N(F)C(=O)OC(C)(C)C)N(C)S(=O)C2C1. The molecule has 1 saturated carbocycles. The van der Waals surface area contributed by atoms with Crippen molar-refractivity contribution in [1.29, 1.82) is 0 Å². The molecule has 1 amide bonds. The Morgan fingerprint density at radius 2 is 2.03 bits per heavy atom. The van der Waals surface area contributed by atoms with Gasteiger partial charge >= 0.3 is 6.09 Å². The molecule has 7 nitrogen and oxygen atoms in total. The molecule has 0 radical (unpaired) electrons. The van der Waals surface area contributed by atoms with Crippen LogP contribution in [0.15, 0.2) is 29.3 Å². The van der Waals surface area contributed by atoms with Gasteiger partial charge in [0.2, 0.25) is 5.96 Å². The highest BCUT2D eigenvalue weighted by Gasteiger charge is 2.55. The number of carbonyl (C=O) groups excluding carboxylic acids is 1. The summed E-state index contributed by atoms with van der Waals surface area (Å²) in [7, 11) is 1.15. The van der Waals surface area contributed by atoms with Crippen LogP contribution in [0.1, 0.15) is 45.6 Å². The summed E-state index contributed by atoms with van der Waals surface area (Å²) >= 11 is 0. The summed E-state index contributed by atoms with van der Waals surface area (Å²) in [4.78, 5) is 16.8. The van der Waals surface area contributed by atoms with Gasteiger partial charge in [-0.15, -0.1) is 0 Å². The fourth-order valence-corrected chi connectivity index (χ4v) is 5.60. The van der Waals surface area contributed by atoms with Gasteiger partial charge in [-0.1, -0.05) is 27.8 Å². The molecule has 4 atom stereocenters. The van der Waals surface area contributed by atoms with Crippen molar-refractivity contribution in [2.75, 3.05) is 14.2 Å². The fourth-order valence-electron chi connectivity index (χ4n) is 3.94. The smallest absolute Gasteiger partial charge is 0.442 e. The van der Waals surface area contributed by atoms with Crippen molar-refractivity contribution >= 4 is 23.0 Å². The molecule has 0 bridgehead atoms. The number of fused-ring (bicyclic) bond motifs is 1. The third-order valence-corrected chi connectivity index (χ3v) is 7.13. The van der Waals surface area contributed by atoms with Gasteiger partial charge in [0.05, 0.1) is 11.4 Å². The Bertz CT molecular complexity index is 876. The van der Waals surface area contributed by atoms with E-state index in [0.29, 0.717) is 19.3 Å². The van der Waals surface area contributed by atoms with Crippen LogP contribution in [0.2, 0.25) is 0 Å². The van der Waals surface area contributed by atoms with E-state index in [2.05, 4.69) is 4.99 Å². The number of guanidine groups is 1. The highest BCUT2D eigenvalue weighted by atomic mass is 32.2. The van der Waals surface area contributed by atoms with Crippen LogP contribution in [0.4, 0.5) is 13.7 Å². The first-order valence-electron chi connectivity index (χ1n) is 9.71. The van der Waals surface area contributed by atoms with Gasteiger partial charge in [0.15, 0.2) is 0 Å². The first-order chi connectivity index (χ1) is 14.0. The Kier molecular flexibility index (Phi) is 6.20. The molecule has 0 N–H and O–H groups in total. The molecule has 1 aromatic carbocycles. The third-order valence-electron chi connectivity index (χ3n) is 5.35. The van der Waals surface area contributed by atoms with Gasteiger partial charge in [-0.2, -0.15) is 0 Å². The van der Waals surface area contributed by atoms with Crippen molar-refractivity contribution in [2.24, 2.45) is 4.99 Å². The van der Waals surface area contributed by atoms with Crippen LogP contribution in [0.3, 0.4) is 0 Å². The average Bonchev–Trinajstić information content (AvgIpc) is 2.69. The topological polar surface area (TPSA) is 71.4 Å². The molecule has 0 aromatic heterocycles. The zero-order chi connectivity index (χ0) is 22.3. The van der Waals surface area contributed by atoms with E-state index in [4.69, 9.17) is 9.47 Å². The number of ether oxygens (including phenoxy) is 2. The van der Waals surface area contributed by atoms with Crippen LogP contribution in [-0.4, -0.2) is 56.8 Å². The number of methoxy groups -OCH3 is 1. The van der Waals surface area contributed by atoms with E-state index < -0.39 is 45.2 Å². The number of carbonyl (C=O) groups is 1. The van der Waals surface area contributed by atoms with Crippen molar-refractivity contribution in [2.45, 2.75) is 62.5 Å². The van der Waals surface area contributed by atoms with Crippen molar-refractivity contribution in [3.05, 3.63) is 35.6 Å². The van der Waals surface area contributed by atoms with Crippen LogP contribution >= 0.6 is 0 Å². The standard InChI is InChI=1S/C20H27F2N3O4S/c1-19(2,3)29-18(26)25(22)17-23-20(14-8-6-7-9-15(14)21)11-10-13(28-5)12-16(20)30(27)24(17)4/h6-9,13,16H,10-12H2,1-5H3. The molecular formula is C20H27F2N3O4S. The van der Waals surface area contributed by atoms with Crippen LogP contribution in [0, 0.1) is 5.82 Å². The number of hydrogen-bond acceptors (Lipinski definition) is 5. The first-order valence-corrected chi connectivity index (χ1v) is 10.9. The number of hydrogen-bond donors (Lipinski definition) is 0. The summed E-state index contributed by atoms with van der Waals surface area (Å²) in [6.07, 6.45) is -0.272. The van der Waals surface area contributed by atoms with Crippen LogP contribution in [0.5, 0.6) is 0 Å². The highest BCUT2D eigenvalue weighted by molar-refractivity contribution is 7.84. The third kappa shape index (κ3) is 4.07. The Morgan fingerprint density at radius 1 is 1.37 bits per heavy atom. The van der Waals surface area contributed by atoms with Crippen LogP contribution in [0.25, 0.3) is 0 Å². The van der Waals surface area contributed by atoms with E-state index in [0.717, 1.165) is 4.31 Å². The zero-order valence-corrected chi connectivity index (χ0v) is 18.5. The van der Waals surface area contributed by atoms with Gasteiger partial charge in [0.25, 0.3) is 0 Å². The minimum Gasteiger partial charge on any atom is -0.442 e. The normalized spacial score (nSPS) is 29.1. The second-order valence-corrected chi connectivity index (χ2v) is 10.1. The molecule has 3 rings (SSSR count). The van der Waals surface area contributed by atoms with Gasteiger partial charge in [0.1, 0.15) is 27.9 Å². The minimum atomic E-state index is -1.80. The number of nitrogens with zero attached hydrogens (tertiary/aromatic N) is 3. The molecule has 1 aliphatic carbocycles. The second kappa shape index (κ2) is 8.22. The molecule has 4 unspecified atom stereocenters. The maximum atomic E-state index is 15.1. The molecule has 30 heavy (non-hydrogen) atoms. The van der Waals surface area contributed by atoms with Gasteiger partial charge in [-0.05, 0) is 46.1 Å². The second-order valence-electron chi connectivity index (χ2n) is 8.47. The Morgan fingerprint density at radius 3 is 2.63 bits per heavy atom. The Balaban J connectivity index is 2.12. The van der Waals surface area contributed by atoms with Gasteiger partial charge in [0, 0.05) is 19.7 Å². The molecule has 1 aliphatic heterocycles. The molecule has 0 spiro atoms. The molecule has 0 saturated heterocycles. The predicted molar refractivity (Wildman–Crippen MR) is 109 cm³/mol. The van der Waals surface area contributed by atoms with Gasteiger partial charge < -0.3 is 9.47 Å².